The van der Waals surface area contributed by atoms with Crippen LogP contribution in [0.15, 0.2) is 217 Å². The molecule has 0 amide bonds. The number of furan rings is 1. The Morgan fingerprint density at radius 2 is 0.839 bits per heavy atom. The van der Waals surface area contributed by atoms with Gasteiger partial charge in [0.1, 0.15) is 11.2 Å². The standard InChI is InChI=1S/C54H35NO/c1-2-11-40-33-43(21-19-36(40)9-1)41-12-7-13-47(35-41)55(46-30-25-39(26-31-46)50-16-8-17-52-51-15-5-6-18-53(51)56-54(50)52)45-28-23-37(24-29-45)42-27-32-49-44(34-42)22-20-38-10-3-4-14-48(38)49/h1-35H. The van der Waals surface area contributed by atoms with Gasteiger partial charge in [0.15, 0.2) is 0 Å². The summed E-state index contributed by atoms with van der Waals surface area (Å²) in [5.74, 6) is 0. The number of fused-ring (bicyclic) bond motifs is 7. The van der Waals surface area contributed by atoms with E-state index in [0.29, 0.717) is 0 Å². The van der Waals surface area contributed by atoms with Gasteiger partial charge in [-0.15, -0.1) is 0 Å². The fourth-order valence-corrected chi connectivity index (χ4v) is 8.40. The Morgan fingerprint density at radius 1 is 0.286 bits per heavy atom. The molecule has 11 aromatic rings. The molecule has 1 aromatic heterocycles. The molecule has 0 fully saturated rings. The zero-order chi connectivity index (χ0) is 37.0. The lowest BCUT2D eigenvalue weighted by Gasteiger charge is -2.26. The van der Waals surface area contributed by atoms with Gasteiger partial charge in [0.05, 0.1) is 0 Å². The molecule has 0 atom stereocenters. The molecular formula is C54H35NO. The van der Waals surface area contributed by atoms with Gasteiger partial charge in [-0.2, -0.15) is 0 Å². The summed E-state index contributed by atoms with van der Waals surface area (Å²) in [5, 5.41) is 9.83. The van der Waals surface area contributed by atoms with Crippen LogP contribution >= 0.6 is 0 Å². The molecule has 0 aliphatic rings. The van der Waals surface area contributed by atoms with Crippen LogP contribution in [0.1, 0.15) is 0 Å². The van der Waals surface area contributed by atoms with Gasteiger partial charge in [-0.05, 0) is 115 Å². The van der Waals surface area contributed by atoms with Crippen molar-refractivity contribution < 1.29 is 4.42 Å². The average molecular weight is 714 g/mol. The number of rotatable bonds is 6. The maximum Gasteiger partial charge on any atom is 0.143 e. The van der Waals surface area contributed by atoms with E-state index in [1.807, 2.05) is 12.1 Å². The van der Waals surface area contributed by atoms with E-state index in [9.17, 15) is 0 Å². The molecule has 0 N–H and O–H groups in total. The second-order valence-corrected chi connectivity index (χ2v) is 14.5. The highest BCUT2D eigenvalue weighted by molar-refractivity contribution is 6.10. The Morgan fingerprint density at radius 3 is 1.68 bits per heavy atom. The molecular weight excluding hydrogens is 679 g/mol. The molecule has 262 valence electrons. The highest BCUT2D eigenvalue weighted by Gasteiger charge is 2.17. The van der Waals surface area contributed by atoms with Crippen molar-refractivity contribution in [3.8, 4) is 33.4 Å². The smallest absolute Gasteiger partial charge is 0.143 e. The van der Waals surface area contributed by atoms with Gasteiger partial charge >= 0.3 is 0 Å². The fourth-order valence-electron chi connectivity index (χ4n) is 8.40. The molecule has 0 unspecified atom stereocenters. The predicted molar refractivity (Wildman–Crippen MR) is 237 cm³/mol. The summed E-state index contributed by atoms with van der Waals surface area (Å²) in [6.45, 7) is 0. The summed E-state index contributed by atoms with van der Waals surface area (Å²) in [4.78, 5) is 2.35. The number of benzene rings is 10. The van der Waals surface area contributed by atoms with E-state index in [0.717, 1.165) is 50.1 Å². The molecule has 0 saturated carbocycles. The molecule has 0 spiro atoms. The Bertz CT molecular complexity index is 3250. The first-order valence-corrected chi connectivity index (χ1v) is 19.2. The van der Waals surface area contributed by atoms with E-state index in [1.165, 1.54) is 54.6 Å². The number of hydrogen-bond acceptors (Lipinski definition) is 2. The highest BCUT2D eigenvalue weighted by Crippen LogP contribution is 2.41. The zero-order valence-corrected chi connectivity index (χ0v) is 30.6. The highest BCUT2D eigenvalue weighted by atomic mass is 16.3. The lowest BCUT2D eigenvalue weighted by Crippen LogP contribution is -2.10. The molecule has 0 radical (unpaired) electrons. The van der Waals surface area contributed by atoms with Crippen LogP contribution in [0.4, 0.5) is 17.1 Å². The van der Waals surface area contributed by atoms with Crippen LogP contribution in [-0.4, -0.2) is 0 Å². The minimum Gasteiger partial charge on any atom is -0.455 e. The van der Waals surface area contributed by atoms with Crippen molar-refractivity contribution in [2.45, 2.75) is 0 Å². The third-order valence-corrected chi connectivity index (χ3v) is 11.2. The van der Waals surface area contributed by atoms with Gasteiger partial charge in [0.25, 0.3) is 0 Å². The molecule has 0 saturated heterocycles. The van der Waals surface area contributed by atoms with E-state index in [1.54, 1.807) is 0 Å². The number of nitrogens with zero attached hydrogens (tertiary/aromatic N) is 1. The average Bonchev–Trinajstić information content (AvgIpc) is 3.66. The molecule has 0 aliphatic heterocycles. The Labute approximate surface area is 325 Å². The van der Waals surface area contributed by atoms with E-state index in [-0.39, 0.29) is 0 Å². The van der Waals surface area contributed by atoms with Crippen molar-refractivity contribution in [1.29, 1.82) is 0 Å². The lowest BCUT2D eigenvalue weighted by atomic mass is 9.97. The predicted octanol–water partition coefficient (Wildman–Crippen LogP) is 15.5. The molecule has 0 aliphatic carbocycles. The summed E-state index contributed by atoms with van der Waals surface area (Å²) < 4.78 is 6.42. The Kier molecular flexibility index (Phi) is 7.53. The minimum absolute atomic E-state index is 0.907. The third-order valence-electron chi connectivity index (χ3n) is 11.2. The van der Waals surface area contributed by atoms with Gasteiger partial charge in [-0.1, -0.05) is 158 Å². The van der Waals surface area contributed by atoms with Crippen LogP contribution in [0.2, 0.25) is 0 Å². The van der Waals surface area contributed by atoms with Gasteiger partial charge < -0.3 is 9.32 Å². The SMILES string of the molecule is c1cc(-c2ccc3ccccc3c2)cc(N(c2ccc(-c3ccc4c(ccc5ccccc54)c3)cc2)c2ccc(-c3cccc4c3oc3ccccc34)cc2)c1. The van der Waals surface area contributed by atoms with Crippen molar-refractivity contribution in [3.63, 3.8) is 0 Å². The van der Waals surface area contributed by atoms with Crippen LogP contribution in [-0.2, 0) is 0 Å². The van der Waals surface area contributed by atoms with Gasteiger partial charge in [-0.3, -0.25) is 0 Å². The maximum atomic E-state index is 6.42. The minimum atomic E-state index is 0.907. The fraction of sp³-hybridized carbons (Fsp3) is 0. The van der Waals surface area contributed by atoms with Crippen LogP contribution in [0, 0.1) is 0 Å². The van der Waals surface area contributed by atoms with Crippen LogP contribution in [0.5, 0.6) is 0 Å². The van der Waals surface area contributed by atoms with Crippen molar-refractivity contribution in [2.75, 3.05) is 4.90 Å². The van der Waals surface area contributed by atoms with E-state index in [2.05, 4.69) is 205 Å². The van der Waals surface area contributed by atoms with Crippen molar-refractivity contribution >= 4 is 71.3 Å². The van der Waals surface area contributed by atoms with E-state index < -0.39 is 0 Å². The van der Waals surface area contributed by atoms with E-state index in [4.69, 9.17) is 4.42 Å². The Balaban J connectivity index is 1.000. The third kappa shape index (κ3) is 5.51. The maximum absolute atomic E-state index is 6.42. The van der Waals surface area contributed by atoms with Crippen molar-refractivity contribution in [3.05, 3.63) is 212 Å². The first-order chi connectivity index (χ1) is 27.7. The molecule has 2 heteroatoms. The number of anilines is 3. The van der Waals surface area contributed by atoms with Crippen LogP contribution < -0.4 is 4.90 Å². The summed E-state index contributed by atoms with van der Waals surface area (Å²) in [6.07, 6.45) is 0. The summed E-state index contributed by atoms with van der Waals surface area (Å²) in [6, 6.07) is 76.5. The first-order valence-electron chi connectivity index (χ1n) is 19.2. The normalized spacial score (nSPS) is 11.6. The molecule has 56 heavy (non-hydrogen) atoms. The van der Waals surface area contributed by atoms with Crippen LogP contribution in [0.25, 0.3) is 87.6 Å². The molecule has 11 rings (SSSR count). The van der Waals surface area contributed by atoms with Crippen molar-refractivity contribution in [1.82, 2.24) is 0 Å². The zero-order valence-electron chi connectivity index (χ0n) is 30.6. The quantitative estimate of drug-likeness (QED) is 0.160. The first kappa shape index (κ1) is 32.0. The van der Waals surface area contributed by atoms with E-state index >= 15 is 0 Å². The second kappa shape index (κ2) is 13.2. The van der Waals surface area contributed by atoms with Gasteiger partial charge in [-0.25, -0.2) is 0 Å². The van der Waals surface area contributed by atoms with Crippen LogP contribution in [0.3, 0.4) is 0 Å². The summed E-state index contributed by atoms with van der Waals surface area (Å²) in [5.41, 5.74) is 12.0. The largest absolute Gasteiger partial charge is 0.455 e. The Hall–Kier alpha value is -7.42. The van der Waals surface area contributed by atoms with Gasteiger partial charge in [0.2, 0.25) is 0 Å². The summed E-state index contributed by atoms with van der Waals surface area (Å²) in [7, 11) is 0. The molecule has 1 heterocycles. The second-order valence-electron chi connectivity index (χ2n) is 14.5. The molecule has 10 aromatic carbocycles. The number of hydrogen-bond donors (Lipinski definition) is 0. The summed E-state index contributed by atoms with van der Waals surface area (Å²) >= 11 is 0. The number of para-hydroxylation sites is 2. The van der Waals surface area contributed by atoms with Crippen molar-refractivity contribution in [2.24, 2.45) is 0 Å². The van der Waals surface area contributed by atoms with Gasteiger partial charge in [0, 0.05) is 33.4 Å². The molecule has 2 nitrogen and oxygen atoms in total. The monoisotopic (exact) mass is 713 g/mol. The topological polar surface area (TPSA) is 16.4 Å². The lowest BCUT2D eigenvalue weighted by molar-refractivity contribution is 0.670. The molecule has 0 bridgehead atoms.